The zero-order valence-corrected chi connectivity index (χ0v) is 30.5. The monoisotopic (exact) mass is 746 g/mol. The van der Waals surface area contributed by atoms with E-state index in [1.807, 2.05) is 11.0 Å². The summed E-state index contributed by atoms with van der Waals surface area (Å²) < 4.78 is 21.1. The number of carbonyl (C=O) groups is 5. The van der Waals surface area contributed by atoms with Crippen molar-refractivity contribution in [3.63, 3.8) is 0 Å². The Morgan fingerprint density at radius 1 is 0.962 bits per heavy atom. The maximum absolute atomic E-state index is 15.1. The van der Waals surface area contributed by atoms with E-state index in [4.69, 9.17) is 4.74 Å². The molecule has 1 atom stereocenters. The average Bonchev–Trinajstić information content (AvgIpc) is 3.40. The number of thioether (sulfide) groups is 1. The Balaban J connectivity index is 0.921. The number of fused-ring (bicyclic) bond motifs is 2. The fraction of sp³-hybridized carbons (Fsp3) is 0.500. The molecular weight excluding hydrogens is 704 g/mol. The number of anilines is 1. The molecule has 3 fully saturated rings. The molecule has 0 spiro atoms. The molecule has 0 bridgehead atoms. The molecule has 4 aliphatic rings. The van der Waals surface area contributed by atoms with Crippen molar-refractivity contribution in [2.24, 2.45) is 5.92 Å². The predicted molar refractivity (Wildman–Crippen MR) is 196 cm³/mol. The van der Waals surface area contributed by atoms with Gasteiger partial charge >= 0.3 is 0 Å². The van der Waals surface area contributed by atoms with Gasteiger partial charge in [-0.2, -0.15) is 11.8 Å². The number of nitrogens with one attached hydrogen (secondary N) is 2. The normalized spacial score (nSPS) is 20.0. The third-order valence-electron chi connectivity index (χ3n) is 10.7. The molecule has 2 aromatic carbocycles. The smallest absolute Gasteiger partial charge is 0.262 e. The van der Waals surface area contributed by atoms with E-state index in [0.29, 0.717) is 56.5 Å². The van der Waals surface area contributed by atoms with Crippen LogP contribution < -0.4 is 20.5 Å². The number of aromatic nitrogens is 2. The van der Waals surface area contributed by atoms with Crippen LogP contribution in [0.3, 0.4) is 0 Å². The van der Waals surface area contributed by atoms with Crippen LogP contribution in [0.25, 0.3) is 10.9 Å². The minimum Gasteiger partial charge on any atom is -0.493 e. The van der Waals surface area contributed by atoms with Crippen LogP contribution in [-0.4, -0.2) is 93.4 Å². The van der Waals surface area contributed by atoms with Gasteiger partial charge < -0.3 is 19.5 Å². The third-order valence-corrected chi connectivity index (χ3v) is 12.0. The lowest BCUT2D eigenvalue weighted by Crippen LogP contribution is -2.54. The van der Waals surface area contributed by atoms with Gasteiger partial charge in [-0.05, 0) is 62.6 Å². The van der Waals surface area contributed by atoms with Crippen molar-refractivity contribution < 1.29 is 33.1 Å². The van der Waals surface area contributed by atoms with E-state index in [2.05, 4.69) is 27.1 Å². The molecular formula is C38H43FN6O7S. The highest BCUT2D eigenvalue weighted by Gasteiger charge is 2.45. The number of benzene rings is 2. The largest absolute Gasteiger partial charge is 0.493 e. The predicted octanol–water partition coefficient (Wildman–Crippen LogP) is 4.17. The first-order valence-corrected chi connectivity index (χ1v) is 19.5. The average molecular weight is 747 g/mol. The van der Waals surface area contributed by atoms with E-state index in [9.17, 15) is 28.8 Å². The number of piperidine rings is 3. The Bertz CT molecular complexity index is 2010. The van der Waals surface area contributed by atoms with E-state index in [1.54, 1.807) is 30.0 Å². The third kappa shape index (κ3) is 7.80. The number of ether oxygens (including phenoxy) is 1. The van der Waals surface area contributed by atoms with Crippen molar-refractivity contribution in [3.05, 3.63) is 63.5 Å². The topological polar surface area (TPSA) is 162 Å². The first kappa shape index (κ1) is 36.6. The second kappa shape index (κ2) is 15.7. The van der Waals surface area contributed by atoms with Gasteiger partial charge in [-0.15, -0.1) is 0 Å². The standard InChI is InChI=1S/C38H43FN6O7S/c1-2-3-4-33(47)44-13-9-22(10-14-44)20-52-24-18-28(39)34-29(19-24)40-31(41-36(34)49)21-53-25-11-15-43(16-12-25)23-5-6-26-27(17-23)38(51)45(37(26)50)30-7-8-32(46)42-35(30)48/h5-6,17-19,22,25,30H,2-4,7-16,20-21H2,1H3,(H,40,41,49)(H,42,46,48). The maximum Gasteiger partial charge on any atom is 0.262 e. The summed E-state index contributed by atoms with van der Waals surface area (Å²) in [6, 6.07) is 6.98. The number of rotatable bonds is 11. The van der Waals surface area contributed by atoms with E-state index < -0.39 is 41.0 Å². The molecule has 5 amide bonds. The van der Waals surface area contributed by atoms with Gasteiger partial charge in [0.05, 0.1) is 29.0 Å². The van der Waals surface area contributed by atoms with E-state index >= 15 is 4.39 Å². The van der Waals surface area contributed by atoms with Gasteiger partial charge in [0.1, 0.15) is 28.8 Å². The number of aromatic amines is 1. The molecule has 5 heterocycles. The van der Waals surface area contributed by atoms with Crippen LogP contribution in [0.4, 0.5) is 10.1 Å². The molecule has 2 N–H and O–H groups in total. The number of amides is 5. The molecule has 4 aliphatic heterocycles. The zero-order valence-electron chi connectivity index (χ0n) is 29.7. The summed E-state index contributed by atoms with van der Waals surface area (Å²) in [5.74, 6) is -1.14. The van der Waals surface area contributed by atoms with Gasteiger partial charge in [0.25, 0.3) is 17.4 Å². The molecule has 1 unspecified atom stereocenters. The second-order valence-corrected chi connectivity index (χ2v) is 15.5. The van der Waals surface area contributed by atoms with E-state index in [1.165, 1.54) is 6.07 Å². The number of unbranched alkanes of at least 4 members (excludes halogenated alkanes) is 1. The minimum atomic E-state index is -1.01. The second-order valence-electron chi connectivity index (χ2n) is 14.2. The van der Waals surface area contributed by atoms with Crippen LogP contribution in [0.15, 0.2) is 35.1 Å². The number of imide groups is 2. The molecule has 0 radical (unpaired) electrons. The highest BCUT2D eigenvalue weighted by molar-refractivity contribution is 7.99. The molecule has 280 valence electrons. The lowest BCUT2D eigenvalue weighted by molar-refractivity contribution is -0.136. The van der Waals surface area contributed by atoms with E-state index in [0.717, 1.165) is 49.1 Å². The Morgan fingerprint density at radius 2 is 1.72 bits per heavy atom. The van der Waals surface area contributed by atoms with Gasteiger partial charge in [-0.3, -0.25) is 39.0 Å². The lowest BCUT2D eigenvalue weighted by Gasteiger charge is -2.33. The summed E-state index contributed by atoms with van der Waals surface area (Å²) in [5, 5.41) is 2.38. The summed E-state index contributed by atoms with van der Waals surface area (Å²) in [5.41, 5.74) is 1.01. The van der Waals surface area contributed by atoms with Crippen molar-refractivity contribution in [2.75, 3.05) is 37.7 Å². The Morgan fingerprint density at radius 3 is 2.45 bits per heavy atom. The number of likely N-dealkylation sites (tertiary alicyclic amines) is 1. The van der Waals surface area contributed by atoms with Crippen LogP contribution in [0.1, 0.15) is 91.3 Å². The zero-order chi connectivity index (χ0) is 37.2. The first-order valence-electron chi connectivity index (χ1n) is 18.4. The Kier molecular flexibility index (Phi) is 10.8. The van der Waals surface area contributed by atoms with Gasteiger partial charge in [0, 0.05) is 62.1 Å². The van der Waals surface area contributed by atoms with Crippen LogP contribution in [0.2, 0.25) is 0 Å². The minimum absolute atomic E-state index is 0.0641. The van der Waals surface area contributed by atoms with Crippen molar-refractivity contribution >= 4 is 57.9 Å². The molecule has 1 aromatic heterocycles. The van der Waals surface area contributed by atoms with Crippen molar-refractivity contribution in [2.45, 2.75) is 81.8 Å². The number of nitrogens with zero attached hydrogens (tertiary/aromatic N) is 4. The van der Waals surface area contributed by atoms with Gasteiger partial charge in [-0.25, -0.2) is 9.37 Å². The quantitative estimate of drug-likeness (QED) is 0.273. The Hall–Kier alpha value is -4.79. The van der Waals surface area contributed by atoms with Crippen LogP contribution >= 0.6 is 11.8 Å². The summed E-state index contributed by atoms with van der Waals surface area (Å²) in [6.07, 6.45) is 5.95. The SMILES string of the molecule is CCCCC(=O)N1CCC(COc2cc(F)c3c(=O)[nH]c(CSC4CCN(c5ccc6c(c5)C(=O)N(C5CCC(=O)NC5=O)C6=O)CC4)nc3c2)CC1. The summed E-state index contributed by atoms with van der Waals surface area (Å²) >= 11 is 1.67. The molecule has 13 nitrogen and oxygen atoms in total. The lowest BCUT2D eigenvalue weighted by atomic mass is 9.97. The summed E-state index contributed by atoms with van der Waals surface area (Å²) in [4.78, 5) is 88.0. The highest BCUT2D eigenvalue weighted by atomic mass is 32.2. The maximum atomic E-state index is 15.1. The summed E-state index contributed by atoms with van der Waals surface area (Å²) in [7, 11) is 0. The van der Waals surface area contributed by atoms with Crippen LogP contribution in [0, 0.1) is 11.7 Å². The van der Waals surface area contributed by atoms with Crippen molar-refractivity contribution in [3.8, 4) is 5.75 Å². The van der Waals surface area contributed by atoms with Gasteiger partial charge in [0.15, 0.2) is 0 Å². The molecule has 3 saturated heterocycles. The molecule has 3 aromatic rings. The molecule has 0 saturated carbocycles. The van der Waals surface area contributed by atoms with E-state index in [-0.39, 0.29) is 51.9 Å². The molecule has 53 heavy (non-hydrogen) atoms. The number of halogens is 1. The van der Waals surface area contributed by atoms with Crippen LogP contribution in [-0.2, 0) is 20.1 Å². The fourth-order valence-corrected chi connectivity index (χ4v) is 8.66. The molecule has 0 aliphatic carbocycles. The summed E-state index contributed by atoms with van der Waals surface area (Å²) in [6.45, 7) is 5.28. The van der Waals surface area contributed by atoms with Crippen LogP contribution in [0.5, 0.6) is 5.75 Å². The van der Waals surface area contributed by atoms with Gasteiger partial charge in [-0.1, -0.05) is 13.3 Å². The van der Waals surface area contributed by atoms with Crippen molar-refractivity contribution in [1.29, 1.82) is 0 Å². The molecule has 7 rings (SSSR count). The number of hydrogen-bond acceptors (Lipinski definition) is 10. The van der Waals surface area contributed by atoms with Crippen molar-refractivity contribution in [1.82, 2.24) is 25.1 Å². The number of carbonyl (C=O) groups excluding carboxylic acids is 5. The number of hydrogen-bond donors (Lipinski definition) is 2. The Labute approximate surface area is 310 Å². The van der Waals surface area contributed by atoms with Gasteiger partial charge in [0.2, 0.25) is 17.7 Å². The number of H-pyrrole nitrogens is 1. The fourth-order valence-electron chi connectivity index (χ4n) is 7.58. The highest BCUT2D eigenvalue weighted by Crippen LogP contribution is 2.34. The first-order chi connectivity index (χ1) is 25.6. The molecule has 15 heteroatoms.